The molecule has 1 aromatic heterocycles. The Hall–Kier alpha value is -2.99. The maximum atomic E-state index is 12.8. The van der Waals surface area contributed by atoms with Gasteiger partial charge in [-0.25, -0.2) is 0 Å². The maximum absolute atomic E-state index is 12.8. The highest BCUT2D eigenvalue weighted by molar-refractivity contribution is 7.09. The van der Waals surface area contributed by atoms with Crippen molar-refractivity contribution in [3.05, 3.63) is 75.7 Å². The van der Waals surface area contributed by atoms with Crippen molar-refractivity contribution in [1.29, 1.82) is 0 Å². The molecule has 0 saturated carbocycles. The highest BCUT2D eigenvalue weighted by Gasteiger charge is 2.13. The first-order valence-electron chi connectivity index (χ1n) is 15.5. The number of anilines is 1. The number of aryl methyl sites for hydroxylation is 1. The van der Waals surface area contributed by atoms with Gasteiger partial charge in [0, 0.05) is 18.2 Å². The van der Waals surface area contributed by atoms with Crippen molar-refractivity contribution in [1.82, 2.24) is 0 Å². The van der Waals surface area contributed by atoms with Crippen molar-refractivity contribution < 1.29 is 18.9 Å². The Morgan fingerprint density at radius 2 is 1.54 bits per heavy atom. The summed E-state index contributed by atoms with van der Waals surface area (Å²) in [5.74, 6) is 0.450. The molecule has 0 saturated heterocycles. The SMILES string of the molecule is CCCCCCCCCCCCCCOc1ccc(CC(=O)Nc2cccc(C[n+]3ccsc3C)c2)cc1C(C)=O. The van der Waals surface area contributed by atoms with E-state index in [9.17, 15) is 9.59 Å². The second-order valence-corrected chi connectivity index (χ2v) is 12.2. The Balaban J connectivity index is 1.38. The number of benzene rings is 2. The molecular weight excluding hydrogens is 528 g/mol. The van der Waals surface area contributed by atoms with E-state index in [4.69, 9.17) is 4.74 Å². The van der Waals surface area contributed by atoms with Crippen molar-refractivity contribution in [2.24, 2.45) is 0 Å². The molecule has 1 heterocycles. The van der Waals surface area contributed by atoms with E-state index in [1.807, 2.05) is 30.3 Å². The molecule has 0 spiro atoms. The van der Waals surface area contributed by atoms with Crippen LogP contribution in [0.4, 0.5) is 5.69 Å². The summed E-state index contributed by atoms with van der Waals surface area (Å²) in [4.78, 5) is 25.1. The van der Waals surface area contributed by atoms with E-state index in [0.717, 1.165) is 36.2 Å². The van der Waals surface area contributed by atoms with Gasteiger partial charge in [-0.2, -0.15) is 4.57 Å². The lowest BCUT2D eigenvalue weighted by molar-refractivity contribution is -0.689. The van der Waals surface area contributed by atoms with Crippen LogP contribution in [0.2, 0.25) is 0 Å². The lowest BCUT2D eigenvalue weighted by atomic mass is 10.0. The monoisotopic (exact) mass is 577 g/mol. The van der Waals surface area contributed by atoms with Crippen LogP contribution in [0.3, 0.4) is 0 Å². The fourth-order valence-electron chi connectivity index (χ4n) is 5.09. The fourth-order valence-corrected chi connectivity index (χ4v) is 5.75. The van der Waals surface area contributed by atoms with Gasteiger partial charge >= 0.3 is 0 Å². The van der Waals surface area contributed by atoms with Crippen LogP contribution in [0.1, 0.15) is 117 Å². The van der Waals surface area contributed by atoms with Gasteiger partial charge in [0.1, 0.15) is 5.75 Å². The average Bonchev–Trinajstić information content (AvgIpc) is 3.35. The summed E-state index contributed by atoms with van der Waals surface area (Å²) in [6.45, 7) is 7.29. The standard InChI is InChI=1S/C35H48N2O3S/c1-4-5-6-7-8-9-10-11-12-13-14-15-22-40-34-20-19-30(25-33(34)28(2)38)26-35(39)36-32-18-16-17-31(24-32)27-37-21-23-41-29(37)3/h16-21,23-25H,4-15,22,26-27H2,1-3H3/p+1. The van der Waals surface area contributed by atoms with Gasteiger partial charge in [0.05, 0.1) is 24.0 Å². The lowest BCUT2D eigenvalue weighted by Gasteiger charge is -2.12. The number of carbonyl (C=O) groups excluding carboxylic acids is 2. The zero-order valence-electron chi connectivity index (χ0n) is 25.4. The van der Waals surface area contributed by atoms with Crippen LogP contribution < -0.4 is 14.6 Å². The number of hydrogen-bond donors (Lipinski definition) is 1. The Morgan fingerprint density at radius 1 is 0.854 bits per heavy atom. The number of nitrogens with one attached hydrogen (secondary N) is 1. The quantitative estimate of drug-likeness (QED) is 0.0829. The third kappa shape index (κ3) is 12.2. The van der Waals surface area contributed by atoms with E-state index in [1.165, 1.54) is 69.2 Å². The molecule has 1 amide bonds. The molecule has 0 unspecified atom stereocenters. The molecule has 222 valence electrons. The Kier molecular flexibility index (Phi) is 14.6. The Labute approximate surface area is 251 Å². The minimum atomic E-state index is -0.110. The highest BCUT2D eigenvalue weighted by atomic mass is 32.1. The first-order chi connectivity index (χ1) is 20.0. The molecule has 0 aliphatic heterocycles. The molecule has 2 aromatic carbocycles. The van der Waals surface area contributed by atoms with Crippen molar-refractivity contribution in [2.75, 3.05) is 11.9 Å². The molecular formula is C35H49N2O3S+. The predicted molar refractivity (Wildman–Crippen MR) is 170 cm³/mol. The summed E-state index contributed by atoms with van der Waals surface area (Å²) in [6, 6.07) is 13.5. The number of hydrogen-bond acceptors (Lipinski definition) is 4. The van der Waals surface area contributed by atoms with Crippen LogP contribution in [0.15, 0.2) is 54.0 Å². The smallest absolute Gasteiger partial charge is 0.234 e. The number of nitrogens with zero attached hydrogens (tertiary/aromatic N) is 1. The molecule has 1 N–H and O–H groups in total. The predicted octanol–water partition coefficient (Wildman–Crippen LogP) is 8.86. The third-order valence-electron chi connectivity index (χ3n) is 7.49. The molecule has 0 bridgehead atoms. The number of ether oxygens (including phenoxy) is 1. The number of unbranched alkanes of at least 4 members (excludes halogenated alkanes) is 11. The number of carbonyl (C=O) groups is 2. The first-order valence-corrected chi connectivity index (χ1v) is 16.4. The lowest BCUT2D eigenvalue weighted by Crippen LogP contribution is -2.34. The van der Waals surface area contributed by atoms with Crippen LogP contribution in [-0.2, 0) is 17.8 Å². The first kappa shape index (κ1) is 32.5. The molecule has 6 heteroatoms. The van der Waals surface area contributed by atoms with Crippen LogP contribution in [0.25, 0.3) is 0 Å². The highest BCUT2D eigenvalue weighted by Crippen LogP contribution is 2.22. The van der Waals surface area contributed by atoms with Gasteiger partial charge < -0.3 is 10.1 Å². The van der Waals surface area contributed by atoms with Gasteiger partial charge in [-0.15, -0.1) is 0 Å². The molecule has 0 atom stereocenters. The van der Waals surface area contributed by atoms with E-state index >= 15 is 0 Å². The third-order valence-corrected chi connectivity index (χ3v) is 8.32. The van der Waals surface area contributed by atoms with E-state index in [2.05, 4.69) is 41.4 Å². The van der Waals surface area contributed by atoms with E-state index < -0.39 is 0 Å². The summed E-state index contributed by atoms with van der Waals surface area (Å²) in [5.41, 5.74) is 3.24. The number of thiazole rings is 1. The fraction of sp³-hybridized carbons (Fsp3) is 0.514. The largest absolute Gasteiger partial charge is 0.493 e. The molecule has 0 aliphatic rings. The molecule has 0 radical (unpaired) electrons. The van der Waals surface area contributed by atoms with Crippen LogP contribution in [-0.4, -0.2) is 18.3 Å². The summed E-state index contributed by atoms with van der Waals surface area (Å²) >= 11 is 1.72. The second kappa shape index (κ2) is 18.4. The number of ketones is 1. The summed E-state index contributed by atoms with van der Waals surface area (Å²) in [7, 11) is 0. The van der Waals surface area contributed by atoms with Gasteiger partial charge in [0.25, 0.3) is 0 Å². The van der Waals surface area contributed by atoms with Gasteiger partial charge in [0.15, 0.2) is 18.5 Å². The molecule has 41 heavy (non-hydrogen) atoms. The average molecular weight is 578 g/mol. The van der Waals surface area contributed by atoms with Crippen molar-refractivity contribution in [3.63, 3.8) is 0 Å². The topological polar surface area (TPSA) is 59.3 Å². The van der Waals surface area contributed by atoms with Gasteiger partial charge in [0.2, 0.25) is 10.9 Å². The van der Waals surface area contributed by atoms with E-state index in [0.29, 0.717) is 17.9 Å². The number of rotatable bonds is 20. The minimum Gasteiger partial charge on any atom is -0.493 e. The van der Waals surface area contributed by atoms with Crippen molar-refractivity contribution in [3.8, 4) is 5.75 Å². The normalized spacial score (nSPS) is 11.0. The minimum absolute atomic E-state index is 0.0501. The molecule has 0 aliphatic carbocycles. The summed E-state index contributed by atoms with van der Waals surface area (Å²) in [5, 5.41) is 6.32. The second-order valence-electron chi connectivity index (χ2n) is 11.1. The van der Waals surface area contributed by atoms with Crippen molar-refractivity contribution >= 4 is 28.7 Å². The maximum Gasteiger partial charge on any atom is 0.234 e. The molecule has 3 aromatic rings. The Morgan fingerprint density at radius 3 is 2.17 bits per heavy atom. The Bertz CT molecular complexity index is 1220. The van der Waals surface area contributed by atoms with E-state index in [1.54, 1.807) is 24.3 Å². The number of Topliss-reactive ketones (excluding diaryl/α,β-unsaturated/α-hetero) is 1. The molecule has 5 nitrogen and oxygen atoms in total. The molecule has 3 rings (SSSR count). The zero-order chi connectivity index (χ0) is 29.3. The molecule has 0 fully saturated rings. The van der Waals surface area contributed by atoms with Crippen LogP contribution >= 0.6 is 11.3 Å². The van der Waals surface area contributed by atoms with Crippen LogP contribution in [0.5, 0.6) is 5.75 Å². The van der Waals surface area contributed by atoms with Crippen LogP contribution in [0, 0.1) is 6.92 Å². The van der Waals surface area contributed by atoms with E-state index in [-0.39, 0.29) is 18.1 Å². The zero-order valence-corrected chi connectivity index (χ0v) is 26.2. The number of amides is 1. The van der Waals surface area contributed by atoms with Gasteiger partial charge in [-0.3, -0.25) is 9.59 Å². The summed E-state index contributed by atoms with van der Waals surface area (Å²) in [6.07, 6.45) is 17.9. The van der Waals surface area contributed by atoms with Crippen molar-refractivity contribution in [2.45, 2.75) is 111 Å². The number of aromatic nitrogens is 1. The summed E-state index contributed by atoms with van der Waals surface area (Å²) < 4.78 is 8.18. The van der Waals surface area contributed by atoms with Gasteiger partial charge in [-0.1, -0.05) is 107 Å². The van der Waals surface area contributed by atoms with Gasteiger partial charge in [-0.05, 0) is 43.2 Å².